The van der Waals surface area contributed by atoms with Crippen LogP contribution in [0.1, 0.15) is 46.3 Å². The first-order valence-corrected chi connectivity index (χ1v) is 7.97. The van der Waals surface area contributed by atoms with Gasteiger partial charge in [0, 0.05) is 34.9 Å². The molecule has 1 N–H and O–H groups in total. The van der Waals surface area contributed by atoms with Crippen molar-refractivity contribution in [1.29, 1.82) is 0 Å². The number of nitrogens with one attached hydrogen (secondary N) is 1. The third kappa shape index (κ3) is 3.22. The maximum absolute atomic E-state index is 4.65. The maximum Gasteiger partial charge on any atom is 0.134 e. The lowest BCUT2D eigenvalue weighted by atomic mass is 10.1. The summed E-state index contributed by atoms with van der Waals surface area (Å²) in [5.74, 6) is 0.875. The quantitative estimate of drug-likeness (QED) is 0.919. The summed E-state index contributed by atoms with van der Waals surface area (Å²) in [6.07, 6.45) is 3.34. The predicted molar refractivity (Wildman–Crippen MR) is 81.0 cm³/mol. The first-order valence-electron chi connectivity index (χ1n) is 7.09. The molecule has 0 atom stereocenters. The van der Waals surface area contributed by atoms with Gasteiger partial charge in [0.15, 0.2) is 0 Å². The average Bonchev–Trinajstić information content (AvgIpc) is 3.11. The van der Waals surface area contributed by atoms with Crippen molar-refractivity contribution in [3.05, 3.63) is 38.9 Å². The molecule has 2 aromatic heterocycles. The fourth-order valence-electron chi connectivity index (χ4n) is 2.33. The molecule has 0 aliphatic heterocycles. The minimum absolute atomic E-state index is 0.714. The van der Waals surface area contributed by atoms with E-state index in [4.69, 9.17) is 0 Å². The van der Waals surface area contributed by atoms with Crippen LogP contribution in [0.2, 0.25) is 0 Å². The Bertz CT molecular complexity index is 593. The maximum atomic E-state index is 4.65. The van der Waals surface area contributed by atoms with Crippen LogP contribution >= 0.6 is 11.3 Å². The molecule has 0 radical (unpaired) electrons. The van der Waals surface area contributed by atoms with Crippen LogP contribution in [-0.2, 0) is 13.0 Å². The van der Waals surface area contributed by atoms with E-state index >= 15 is 0 Å². The Morgan fingerprint density at radius 3 is 2.40 bits per heavy atom. The molecule has 1 saturated carbocycles. The Morgan fingerprint density at radius 2 is 1.85 bits per heavy atom. The summed E-state index contributed by atoms with van der Waals surface area (Å²) in [6, 6.07) is 0.714. The smallest absolute Gasteiger partial charge is 0.134 e. The van der Waals surface area contributed by atoms with E-state index in [9.17, 15) is 0 Å². The summed E-state index contributed by atoms with van der Waals surface area (Å²) in [4.78, 5) is 13.8. The van der Waals surface area contributed by atoms with E-state index in [1.165, 1.54) is 18.4 Å². The van der Waals surface area contributed by atoms with E-state index in [-0.39, 0.29) is 0 Å². The Hall–Kier alpha value is -1.33. The SMILES string of the molecule is Cc1nc(Cc2nc(C)c(CNC3CC3)c(C)n2)cs1. The lowest BCUT2D eigenvalue weighted by Gasteiger charge is -2.11. The molecule has 2 aromatic rings. The molecule has 1 aliphatic rings. The first-order chi connectivity index (χ1) is 9.61. The van der Waals surface area contributed by atoms with Gasteiger partial charge in [-0.05, 0) is 33.6 Å². The van der Waals surface area contributed by atoms with Gasteiger partial charge in [-0.25, -0.2) is 15.0 Å². The fourth-order valence-corrected chi connectivity index (χ4v) is 2.94. The topological polar surface area (TPSA) is 50.7 Å². The first kappa shape index (κ1) is 13.6. The van der Waals surface area contributed by atoms with Crippen molar-refractivity contribution in [2.24, 2.45) is 0 Å². The second-order valence-corrected chi connectivity index (χ2v) is 6.54. The van der Waals surface area contributed by atoms with Gasteiger partial charge in [0.05, 0.1) is 17.1 Å². The molecule has 0 aromatic carbocycles. The van der Waals surface area contributed by atoms with E-state index in [1.807, 2.05) is 6.92 Å². The molecule has 20 heavy (non-hydrogen) atoms. The number of hydrogen-bond acceptors (Lipinski definition) is 5. The molecule has 0 unspecified atom stereocenters. The summed E-state index contributed by atoms with van der Waals surface area (Å²) >= 11 is 1.68. The van der Waals surface area contributed by atoms with Gasteiger partial charge >= 0.3 is 0 Å². The highest BCUT2D eigenvalue weighted by molar-refractivity contribution is 7.09. The standard InChI is InChI=1S/C15H20N4S/c1-9-14(7-16-12-4-5-12)10(2)18-15(17-9)6-13-8-20-11(3)19-13/h8,12,16H,4-7H2,1-3H3. The molecule has 1 aliphatic carbocycles. The fraction of sp³-hybridized carbons (Fsp3) is 0.533. The summed E-state index contributed by atoms with van der Waals surface area (Å²) in [5, 5.41) is 6.72. The second kappa shape index (κ2) is 5.58. The van der Waals surface area contributed by atoms with Gasteiger partial charge in [-0.3, -0.25) is 0 Å². The second-order valence-electron chi connectivity index (χ2n) is 5.48. The van der Waals surface area contributed by atoms with Crippen molar-refractivity contribution in [2.75, 3.05) is 0 Å². The number of aryl methyl sites for hydroxylation is 3. The Labute approximate surface area is 123 Å². The van der Waals surface area contributed by atoms with Crippen molar-refractivity contribution in [1.82, 2.24) is 20.3 Å². The molecule has 2 heterocycles. The van der Waals surface area contributed by atoms with Crippen LogP contribution in [0.5, 0.6) is 0 Å². The molecule has 106 valence electrons. The van der Waals surface area contributed by atoms with Gasteiger partial charge in [0.1, 0.15) is 5.82 Å². The highest BCUT2D eigenvalue weighted by Gasteiger charge is 2.21. The number of nitrogens with zero attached hydrogens (tertiary/aromatic N) is 3. The molecular weight excluding hydrogens is 268 g/mol. The molecule has 0 spiro atoms. The minimum Gasteiger partial charge on any atom is -0.310 e. The molecule has 3 rings (SSSR count). The van der Waals surface area contributed by atoms with E-state index in [1.54, 1.807) is 11.3 Å². The monoisotopic (exact) mass is 288 g/mol. The zero-order chi connectivity index (χ0) is 14.1. The highest BCUT2D eigenvalue weighted by atomic mass is 32.1. The number of hydrogen-bond donors (Lipinski definition) is 1. The molecule has 1 fully saturated rings. The van der Waals surface area contributed by atoms with E-state index in [0.717, 1.165) is 40.9 Å². The van der Waals surface area contributed by atoms with Gasteiger partial charge in [-0.15, -0.1) is 11.3 Å². The largest absolute Gasteiger partial charge is 0.310 e. The van der Waals surface area contributed by atoms with Crippen molar-refractivity contribution in [2.45, 2.75) is 52.6 Å². The van der Waals surface area contributed by atoms with Crippen LogP contribution in [-0.4, -0.2) is 21.0 Å². The van der Waals surface area contributed by atoms with Crippen LogP contribution in [0.3, 0.4) is 0 Å². The van der Waals surface area contributed by atoms with Gasteiger partial charge in [0.2, 0.25) is 0 Å². The van der Waals surface area contributed by atoms with E-state index < -0.39 is 0 Å². The Balaban J connectivity index is 1.75. The van der Waals surface area contributed by atoms with E-state index in [0.29, 0.717) is 6.04 Å². The minimum atomic E-state index is 0.714. The van der Waals surface area contributed by atoms with Crippen LogP contribution in [0, 0.1) is 20.8 Å². The predicted octanol–water partition coefficient (Wildman–Crippen LogP) is 2.70. The van der Waals surface area contributed by atoms with Crippen LogP contribution in [0.4, 0.5) is 0 Å². The highest BCUT2D eigenvalue weighted by Crippen LogP contribution is 2.20. The van der Waals surface area contributed by atoms with Gasteiger partial charge in [0.25, 0.3) is 0 Å². The Morgan fingerprint density at radius 1 is 1.15 bits per heavy atom. The normalized spacial score (nSPS) is 14.8. The van der Waals surface area contributed by atoms with Crippen LogP contribution in [0.15, 0.2) is 5.38 Å². The Kier molecular flexibility index (Phi) is 3.81. The molecule has 0 bridgehead atoms. The molecule has 5 heteroatoms. The van der Waals surface area contributed by atoms with Gasteiger partial charge in [-0.1, -0.05) is 0 Å². The third-order valence-electron chi connectivity index (χ3n) is 3.62. The molecule has 0 saturated heterocycles. The van der Waals surface area contributed by atoms with Crippen LogP contribution in [0.25, 0.3) is 0 Å². The summed E-state index contributed by atoms with van der Waals surface area (Å²) in [7, 11) is 0. The van der Waals surface area contributed by atoms with Gasteiger partial charge < -0.3 is 5.32 Å². The summed E-state index contributed by atoms with van der Waals surface area (Å²) in [6.45, 7) is 7.07. The van der Waals surface area contributed by atoms with Gasteiger partial charge in [-0.2, -0.15) is 0 Å². The van der Waals surface area contributed by atoms with Crippen molar-refractivity contribution in [3.8, 4) is 0 Å². The zero-order valence-corrected chi connectivity index (χ0v) is 13.0. The van der Waals surface area contributed by atoms with E-state index in [2.05, 4.69) is 39.5 Å². The lowest BCUT2D eigenvalue weighted by Crippen LogP contribution is -2.18. The number of rotatable bonds is 5. The third-order valence-corrected chi connectivity index (χ3v) is 4.44. The lowest BCUT2D eigenvalue weighted by molar-refractivity contribution is 0.672. The molecule has 4 nitrogen and oxygen atoms in total. The summed E-state index contributed by atoms with van der Waals surface area (Å²) < 4.78 is 0. The van der Waals surface area contributed by atoms with Crippen molar-refractivity contribution in [3.63, 3.8) is 0 Å². The number of aromatic nitrogens is 3. The summed E-state index contributed by atoms with van der Waals surface area (Å²) in [5.41, 5.74) is 4.49. The molecule has 0 amide bonds. The van der Waals surface area contributed by atoms with Crippen LogP contribution < -0.4 is 5.32 Å². The van der Waals surface area contributed by atoms with Crippen molar-refractivity contribution >= 4 is 11.3 Å². The van der Waals surface area contributed by atoms with Crippen molar-refractivity contribution < 1.29 is 0 Å². The average molecular weight is 288 g/mol. The zero-order valence-electron chi connectivity index (χ0n) is 12.2. The molecular formula is C15H20N4S. The number of thiazole rings is 1.